The summed E-state index contributed by atoms with van der Waals surface area (Å²) in [6, 6.07) is 9.20. The van der Waals surface area contributed by atoms with E-state index in [1.54, 1.807) is 19.1 Å². The van der Waals surface area contributed by atoms with Crippen molar-refractivity contribution in [3.63, 3.8) is 0 Å². The highest BCUT2D eigenvalue weighted by Crippen LogP contribution is 2.15. The number of nitrogens with one attached hydrogen (secondary N) is 1. The number of H-pyrrole nitrogens is 1. The molecule has 2 N–H and O–H groups in total. The number of carboxylic acids is 1. The van der Waals surface area contributed by atoms with Crippen LogP contribution in [-0.4, -0.2) is 21.3 Å². The summed E-state index contributed by atoms with van der Waals surface area (Å²) in [5.74, 6) is -0.313. The summed E-state index contributed by atoms with van der Waals surface area (Å²) >= 11 is 0. The van der Waals surface area contributed by atoms with E-state index in [1.807, 2.05) is 18.2 Å². The number of carbonyl (C=O) groups is 1. The first-order valence-electron chi connectivity index (χ1n) is 5.13. The van der Waals surface area contributed by atoms with Crippen LogP contribution in [0.1, 0.15) is 21.7 Å². The minimum Gasteiger partial charge on any atom is -0.487 e. The molecule has 0 saturated heterocycles. The fourth-order valence-electron chi connectivity index (χ4n) is 1.54. The molecule has 1 aromatic heterocycles. The summed E-state index contributed by atoms with van der Waals surface area (Å²) in [6.45, 7) is 1.80. The summed E-state index contributed by atoms with van der Waals surface area (Å²) < 4.78 is 5.45. The van der Waals surface area contributed by atoms with E-state index < -0.39 is 5.97 Å². The van der Waals surface area contributed by atoms with Crippen LogP contribution in [0.15, 0.2) is 30.3 Å². The Bertz CT molecular complexity index is 520. The molecule has 0 fully saturated rings. The molecule has 0 bridgehead atoms. The van der Waals surface area contributed by atoms with Crippen molar-refractivity contribution >= 4 is 5.97 Å². The third kappa shape index (κ3) is 2.44. The van der Waals surface area contributed by atoms with Gasteiger partial charge in [-0.05, 0) is 19.1 Å². The van der Waals surface area contributed by atoms with Gasteiger partial charge in [0, 0.05) is 5.69 Å². The molecule has 0 radical (unpaired) electrons. The van der Waals surface area contributed by atoms with Crippen LogP contribution in [0, 0.1) is 6.92 Å². The highest BCUT2D eigenvalue weighted by atomic mass is 16.5. The van der Waals surface area contributed by atoms with Crippen LogP contribution in [0.2, 0.25) is 0 Å². The Morgan fingerprint density at radius 1 is 1.41 bits per heavy atom. The van der Waals surface area contributed by atoms with Crippen LogP contribution in [0.3, 0.4) is 0 Å². The molecule has 5 heteroatoms. The first-order chi connectivity index (χ1) is 8.18. The smallest absolute Gasteiger partial charge is 0.339 e. The van der Waals surface area contributed by atoms with E-state index in [-0.39, 0.29) is 12.2 Å². The lowest BCUT2D eigenvalue weighted by atomic mass is 10.2. The van der Waals surface area contributed by atoms with Crippen LogP contribution in [0.5, 0.6) is 5.75 Å². The molecule has 1 aromatic carbocycles. The zero-order valence-corrected chi connectivity index (χ0v) is 9.30. The summed E-state index contributed by atoms with van der Waals surface area (Å²) in [5, 5.41) is 15.6. The minimum atomic E-state index is -0.997. The van der Waals surface area contributed by atoms with Gasteiger partial charge in [-0.25, -0.2) is 4.79 Å². The number of aromatic amines is 1. The number of aryl methyl sites for hydroxylation is 1. The number of aromatic nitrogens is 2. The third-order valence-electron chi connectivity index (χ3n) is 2.35. The predicted molar refractivity (Wildman–Crippen MR) is 61.1 cm³/mol. The van der Waals surface area contributed by atoms with Gasteiger partial charge in [-0.3, -0.25) is 5.10 Å². The van der Waals surface area contributed by atoms with Crippen LogP contribution in [-0.2, 0) is 6.61 Å². The van der Waals surface area contributed by atoms with Crippen molar-refractivity contribution in [1.29, 1.82) is 0 Å². The molecular formula is C12H12N2O3. The van der Waals surface area contributed by atoms with Gasteiger partial charge < -0.3 is 9.84 Å². The molecule has 0 unspecified atom stereocenters. The highest BCUT2D eigenvalue weighted by molar-refractivity contribution is 5.90. The molecule has 0 spiro atoms. The van der Waals surface area contributed by atoms with Gasteiger partial charge in [-0.15, -0.1) is 0 Å². The number of ether oxygens (including phenoxy) is 1. The Labute approximate surface area is 98.0 Å². The molecule has 88 valence electrons. The number of nitrogens with zero attached hydrogens (tertiary/aromatic N) is 1. The number of hydrogen-bond donors (Lipinski definition) is 2. The van der Waals surface area contributed by atoms with Crippen molar-refractivity contribution in [2.24, 2.45) is 0 Å². The lowest BCUT2D eigenvalue weighted by molar-refractivity contribution is 0.0693. The summed E-state index contributed by atoms with van der Waals surface area (Å²) in [6.07, 6.45) is 0. The lowest BCUT2D eigenvalue weighted by Gasteiger charge is -2.04. The maximum atomic E-state index is 11.0. The van der Waals surface area contributed by atoms with Crippen molar-refractivity contribution in [3.8, 4) is 5.75 Å². The maximum absolute atomic E-state index is 11.0. The average molecular weight is 232 g/mol. The SMILES string of the molecule is Cc1[nH]nc(COc2ccccc2)c1C(=O)O. The number of hydrogen-bond acceptors (Lipinski definition) is 3. The van der Waals surface area contributed by atoms with Crippen molar-refractivity contribution in [3.05, 3.63) is 47.3 Å². The molecule has 0 aliphatic heterocycles. The number of benzene rings is 1. The van der Waals surface area contributed by atoms with Crippen molar-refractivity contribution in [2.75, 3.05) is 0 Å². The van der Waals surface area contributed by atoms with E-state index >= 15 is 0 Å². The van der Waals surface area contributed by atoms with Gasteiger partial charge in [0.1, 0.15) is 23.6 Å². The van der Waals surface area contributed by atoms with Crippen molar-refractivity contribution < 1.29 is 14.6 Å². The van der Waals surface area contributed by atoms with Gasteiger partial charge in [0.25, 0.3) is 0 Å². The Morgan fingerprint density at radius 3 is 2.76 bits per heavy atom. The second kappa shape index (κ2) is 4.69. The second-order valence-corrected chi connectivity index (χ2v) is 3.58. The molecule has 0 saturated carbocycles. The summed E-state index contributed by atoms with van der Waals surface area (Å²) in [7, 11) is 0. The molecule has 0 aliphatic rings. The third-order valence-corrected chi connectivity index (χ3v) is 2.35. The maximum Gasteiger partial charge on any atom is 0.339 e. The zero-order valence-electron chi connectivity index (χ0n) is 9.30. The van der Waals surface area contributed by atoms with E-state index in [9.17, 15) is 4.79 Å². The molecule has 0 atom stereocenters. The molecule has 17 heavy (non-hydrogen) atoms. The zero-order chi connectivity index (χ0) is 12.3. The van der Waals surface area contributed by atoms with Gasteiger partial charge >= 0.3 is 5.97 Å². The van der Waals surface area contributed by atoms with Crippen LogP contribution < -0.4 is 4.74 Å². The van der Waals surface area contributed by atoms with E-state index in [4.69, 9.17) is 9.84 Å². The van der Waals surface area contributed by atoms with E-state index in [1.165, 1.54) is 0 Å². The summed E-state index contributed by atoms with van der Waals surface area (Å²) in [5.41, 5.74) is 1.11. The largest absolute Gasteiger partial charge is 0.487 e. The van der Waals surface area contributed by atoms with Gasteiger partial charge in [0.2, 0.25) is 0 Å². The highest BCUT2D eigenvalue weighted by Gasteiger charge is 2.17. The Hall–Kier alpha value is -2.30. The number of para-hydroxylation sites is 1. The predicted octanol–water partition coefficient (Wildman–Crippen LogP) is 2.00. The van der Waals surface area contributed by atoms with E-state index in [0.717, 1.165) is 0 Å². The number of aromatic carboxylic acids is 1. The van der Waals surface area contributed by atoms with Gasteiger partial charge in [-0.2, -0.15) is 5.10 Å². The first kappa shape index (κ1) is 11.2. The molecular weight excluding hydrogens is 220 g/mol. The fourth-order valence-corrected chi connectivity index (χ4v) is 1.54. The minimum absolute atomic E-state index is 0.135. The second-order valence-electron chi connectivity index (χ2n) is 3.58. The van der Waals surface area contributed by atoms with Gasteiger partial charge in [0.05, 0.1) is 0 Å². The Kier molecular flexibility index (Phi) is 3.09. The van der Waals surface area contributed by atoms with Crippen LogP contribution in [0.4, 0.5) is 0 Å². The number of rotatable bonds is 4. The molecule has 2 rings (SSSR count). The van der Waals surface area contributed by atoms with E-state index in [0.29, 0.717) is 17.1 Å². The Morgan fingerprint density at radius 2 is 2.12 bits per heavy atom. The normalized spacial score (nSPS) is 10.2. The number of carboxylic acid groups (broad SMARTS) is 1. The van der Waals surface area contributed by atoms with Crippen molar-refractivity contribution in [2.45, 2.75) is 13.5 Å². The molecule has 2 aromatic rings. The average Bonchev–Trinajstić information content (AvgIpc) is 2.69. The van der Waals surface area contributed by atoms with Crippen LogP contribution >= 0.6 is 0 Å². The monoisotopic (exact) mass is 232 g/mol. The van der Waals surface area contributed by atoms with Crippen molar-refractivity contribution in [1.82, 2.24) is 10.2 Å². The van der Waals surface area contributed by atoms with Gasteiger partial charge in [0.15, 0.2) is 0 Å². The summed E-state index contributed by atoms with van der Waals surface area (Å²) in [4.78, 5) is 11.0. The first-order valence-corrected chi connectivity index (χ1v) is 5.13. The van der Waals surface area contributed by atoms with Crippen LogP contribution in [0.25, 0.3) is 0 Å². The van der Waals surface area contributed by atoms with Gasteiger partial charge in [-0.1, -0.05) is 18.2 Å². The topological polar surface area (TPSA) is 75.2 Å². The lowest BCUT2D eigenvalue weighted by Crippen LogP contribution is -2.05. The molecule has 0 aliphatic carbocycles. The molecule has 1 heterocycles. The van der Waals surface area contributed by atoms with E-state index in [2.05, 4.69) is 10.2 Å². The molecule has 5 nitrogen and oxygen atoms in total. The standard InChI is InChI=1S/C12H12N2O3/c1-8-11(12(15)16)10(14-13-8)7-17-9-5-3-2-4-6-9/h2-6H,7H2,1H3,(H,13,14)(H,15,16). The fraction of sp³-hybridized carbons (Fsp3) is 0.167. The molecule has 0 amide bonds. The Balaban J connectivity index is 2.12. The quantitative estimate of drug-likeness (QED) is 0.845.